The standard InChI is InChI=1S/C17H25N3O2S/c18-16(21)11-13-5-8-19(9-6-13)12-17(22)20-7-1-3-14(20)15-4-2-10-23-15/h2,4,10,13-14H,1,3,5-9,11-12H2,(H2,18,21)/t14-/m1/s1. The predicted octanol–water partition coefficient (Wildman–Crippen LogP) is 2.00. The molecule has 2 aliphatic rings. The molecule has 0 unspecified atom stereocenters. The van der Waals surface area contributed by atoms with Gasteiger partial charge in [-0.3, -0.25) is 14.5 Å². The van der Waals surface area contributed by atoms with Crippen LogP contribution in [-0.2, 0) is 9.59 Å². The van der Waals surface area contributed by atoms with Gasteiger partial charge in [-0.15, -0.1) is 11.3 Å². The van der Waals surface area contributed by atoms with Gasteiger partial charge in [-0.05, 0) is 56.1 Å². The Balaban J connectivity index is 1.50. The lowest BCUT2D eigenvalue weighted by molar-refractivity contribution is -0.134. The molecule has 1 atom stereocenters. The minimum atomic E-state index is -0.213. The number of likely N-dealkylation sites (tertiary alicyclic amines) is 2. The zero-order valence-electron chi connectivity index (χ0n) is 13.4. The average molecular weight is 335 g/mol. The van der Waals surface area contributed by atoms with Crippen molar-refractivity contribution in [2.75, 3.05) is 26.2 Å². The van der Waals surface area contributed by atoms with E-state index >= 15 is 0 Å². The van der Waals surface area contributed by atoms with Crippen LogP contribution in [0.25, 0.3) is 0 Å². The first kappa shape index (κ1) is 16.5. The summed E-state index contributed by atoms with van der Waals surface area (Å²) in [6, 6.07) is 4.47. The Kier molecular flexibility index (Phi) is 5.33. The Hall–Kier alpha value is -1.40. The Morgan fingerprint density at radius 3 is 2.65 bits per heavy atom. The summed E-state index contributed by atoms with van der Waals surface area (Å²) in [5.41, 5.74) is 5.27. The maximum Gasteiger partial charge on any atom is 0.237 e. The molecule has 3 heterocycles. The number of thiophene rings is 1. The molecule has 1 aromatic rings. The number of carbonyl (C=O) groups is 2. The van der Waals surface area contributed by atoms with E-state index in [1.807, 2.05) is 0 Å². The van der Waals surface area contributed by atoms with Crippen LogP contribution in [0.3, 0.4) is 0 Å². The minimum absolute atomic E-state index is 0.213. The van der Waals surface area contributed by atoms with Crippen molar-refractivity contribution in [3.05, 3.63) is 22.4 Å². The molecule has 0 bridgehead atoms. The number of piperidine rings is 1. The first-order valence-corrected chi connectivity index (χ1v) is 9.35. The van der Waals surface area contributed by atoms with Gasteiger partial charge >= 0.3 is 0 Å². The molecule has 5 nitrogen and oxygen atoms in total. The van der Waals surface area contributed by atoms with E-state index in [0.29, 0.717) is 18.9 Å². The summed E-state index contributed by atoms with van der Waals surface area (Å²) in [5.74, 6) is 0.425. The minimum Gasteiger partial charge on any atom is -0.370 e. The molecule has 0 aromatic carbocycles. The van der Waals surface area contributed by atoms with Gasteiger partial charge in [-0.25, -0.2) is 0 Å². The van der Waals surface area contributed by atoms with Crippen molar-refractivity contribution in [1.82, 2.24) is 9.80 Å². The largest absolute Gasteiger partial charge is 0.370 e. The molecule has 3 rings (SSSR count). The zero-order valence-corrected chi connectivity index (χ0v) is 14.3. The highest BCUT2D eigenvalue weighted by Crippen LogP contribution is 2.34. The van der Waals surface area contributed by atoms with Crippen molar-refractivity contribution in [1.29, 1.82) is 0 Å². The van der Waals surface area contributed by atoms with E-state index in [4.69, 9.17) is 5.73 Å². The van der Waals surface area contributed by atoms with Crippen molar-refractivity contribution >= 4 is 23.2 Å². The molecule has 6 heteroatoms. The molecule has 2 aliphatic heterocycles. The number of nitrogens with two attached hydrogens (primary N) is 1. The van der Waals surface area contributed by atoms with Crippen LogP contribution in [-0.4, -0.2) is 47.8 Å². The number of rotatable bonds is 5. The Morgan fingerprint density at radius 2 is 2.00 bits per heavy atom. The highest BCUT2D eigenvalue weighted by atomic mass is 32.1. The lowest BCUT2D eigenvalue weighted by atomic mass is 9.93. The number of primary amides is 1. The lowest BCUT2D eigenvalue weighted by Crippen LogP contribution is -2.43. The second-order valence-corrected chi connectivity index (χ2v) is 7.63. The highest BCUT2D eigenvalue weighted by molar-refractivity contribution is 7.10. The van der Waals surface area contributed by atoms with Gasteiger partial charge in [0.25, 0.3) is 0 Å². The number of carbonyl (C=O) groups excluding carboxylic acids is 2. The Bertz CT molecular complexity index is 538. The van der Waals surface area contributed by atoms with Gasteiger partial charge in [0.1, 0.15) is 0 Å². The number of hydrogen-bond acceptors (Lipinski definition) is 4. The van der Waals surface area contributed by atoms with Crippen LogP contribution in [0.2, 0.25) is 0 Å². The molecule has 2 amide bonds. The molecule has 2 N–H and O–H groups in total. The smallest absolute Gasteiger partial charge is 0.237 e. The summed E-state index contributed by atoms with van der Waals surface area (Å²) >= 11 is 1.74. The van der Waals surface area contributed by atoms with Gasteiger partial charge in [-0.2, -0.15) is 0 Å². The van der Waals surface area contributed by atoms with Crippen LogP contribution in [0.4, 0.5) is 0 Å². The van der Waals surface area contributed by atoms with Crippen molar-refractivity contribution in [3.8, 4) is 0 Å². The predicted molar refractivity (Wildman–Crippen MR) is 91.0 cm³/mol. The van der Waals surface area contributed by atoms with Crippen LogP contribution in [0, 0.1) is 5.92 Å². The van der Waals surface area contributed by atoms with E-state index in [1.54, 1.807) is 11.3 Å². The summed E-state index contributed by atoms with van der Waals surface area (Å²) in [7, 11) is 0. The van der Waals surface area contributed by atoms with Crippen molar-refractivity contribution in [2.45, 2.75) is 38.1 Å². The maximum atomic E-state index is 12.7. The molecule has 0 aliphatic carbocycles. The third-order valence-corrected chi connectivity index (χ3v) is 5.97. The number of nitrogens with zero attached hydrogens (tertiary/aromatic N) is 2. The Morgan fingerprint density at radius 1 is 1.22 bits per heavy atom. The summed E-state index contributed by atoms with van der Waals surface area (Å²) in [4.78, 5) is 29.3. The van der Waals surface area contributed by atoms with Crippen molar-refractivity contribution < 1.29 is 9.59 Å². The first-order valence-electron chi connectivity index (χ1n) is 8.47. The highest BCUT2D eigenvalue weighted by Gasteiger charge is 2.32. The van der Waals surface area contributed by atoms with E-state index in [2.05, 4.69) is 27.3 Å². The second kappa shape index (κ2) is 7.45. The monoisotopic (exact) mass is 335 g/mol. The van der Waals surface area contributed by atoms with Crippen LogP contribution >= 0.6 is 11.3 Å². The number of amides is 2. The summed E-state index contributed by atoms with van der Waals surface area (Å²) in [6.07, 6.45) is 4.57. The van der Waals surface area contributed by atoms with E-state index < -0.39 is 0 Å². The van der Waals surface area contributed by atoms with E-state index in [0.717, 1.165) is 45.3 Å². The van der Waals surface area contributed by atoms with Gasteiger partial charge in [0.05, 0.1) is 12.6 Å². The zero-order chi connectivity index (χ0) is 16.2. The fourth-order valence-electron chi connectivity index (χ4n) is 3.76. The molecular weight excluding hydrogens is 310 g/mol. The fraction of sp³-hybridized carbons (Fsp3) is 0.647. The molecular formula is C17H25N3O2S. The van der Waals surface area contributed by atoms with Crippen LogP contribution in [0.15, 0.2) is 17.5 Å². The quantitative estimate of drug-likeness (QED) is 0.895. The van der Waals surface area contributed by atoms with E-state index in [9.17, 15) is 9.59 Å². The van der Waals surface area contributed by atoms with Gasteiger partial charge < -0.3 is 10.6 Å². The van der Waals surface area contributed by atoms with Gasteiger partial charge in [-0.1, -0.05) is 6.07 Å². The normalized spacial score (nSPS) is 23.3. The molecule has 0 spiro atoms. The van der Waals surface area contributed by atoms with Crippen molar-refractivity contribution in [2.24, 2.45) is 11.7 Å². The molecule has 0 saturated carbocycles. The van der Waals surface area contributed by atoms with E-state index in [1.165, 1.54) is 4.88 Å². The second-order valence-electron chi connectivity index (χ2n) is 6.65. The average Bonchev–Trinajstić information content (AvgIpc) is 3.19. The van der Waals surface area contributed by atoms with Crippen LogP contribution in [0.1, 0.15) is 43.0 Å². The molecule has 23 heavy (non-hydrogen) atoms. The molecule has 1 aromatic heterocycles. The van der Waals surface area contributed by atoms with Crippen LogP contribution < -0.4 is 5.73 Å². The summed E-state index contributed by atoms with van der Waals surface area (Å²) in [5, 5.41) is 2.08. The SMILES string of the molecule is NC(=O)CC1CCN(CC(=O)N2CCC[C@@H]2c2cccs2)CC1. The third-order valence-electron chi connectivity index (χ3n) is 5.00. The van der Waals surface area contributed by atoms with Crippen molar-refractivity contribution in [3.63, 3.8) is 0 Å². The summed E-state index contributed by atoms with van der Waals surface area (Å²) in [6.45, 7) is 3.16. The van der Waals surface area contributed by atoms with Gasteiger partial charge in [0.2, 0.25) is 11.8 Å². The molecule has 2 saturated heterocycles. The Labute approximate surface area is 141 Å². The number of hydrogen-bond donors (Lipinski definition) is 1. The summed E-state index contributed by atoms with van der Waals surface area (Å²) < 4.78 is 0. The van der Waals surface area contributed by atoms with Crippen LogP contribution in [0.5, 0.6) is 0 Å². The van der Waals surface area contributed by atoms with E-state index in [-0.39, 0.29) is 17.9 Å². The molecule has 0 radical (unpaired) electrons. The van der Waals surface area contributed by atoms with Gasteiger partial charge in [0, 0.05) is 17.8 Å². The topological polar surface area (TPSA) is 66.6 Å². The van der Waals surface area contributed by atoms with Gasteiger partial charge in [0.15, 0.2) is 0 Å². The molecule has 126 valence electrons. The maximum absolute atomic E-state index is 12.7. The lowest BCUT2D eigenvalue weighted by Gasteiger charge is -2.33. The fourth-order valence-corrected chi connectivity index (χ4v) is 4.63. The first-order chi connectivity index (χ1) is 11.1. The molecule has 2 fully saturated rings. The third kappa shape index (κ3) is 4.12.